The summed E-state index contributed by atoms with van der Waals surface area (Å²) < 4.78 is 0. The van der Waals surface area contributed by atoms with E-state index in [0.29, 0.717) is 12.4 Å². The van der Waals surface area contributed by atoms with Crippen molar-refractivity contribution in [2.45, 2.75) is 32.3 Å². The molecule has 3 heteroatoms. The van der Waals surface area contributed by atoms with Crippen LogP contribution in [0.25, 0.3) is 0 Å². The average molecular weight is 206 g/mol. The Labute approximate surface area is 86.0 Å². The molecule has 0 aromatic heterocycles. The fraction of sp³-hybridized carbons (Fsp3) is 0.800. The molecule has 0 aromatic rings. The number of hydrogen-bond donors (Lipinski definition) is 2. The van der Waals surface area contributed by atoms with Crippen LogP contribution >= 0.6 is 11.6 Å². The van der Waals surface area contributed by atoms with Gasteiger partial charge in [0.1, 0.15) is 0 Å². The van der Waals surface area contributed by atoms with Gasteiger partial charge < -0.3 is 10.4 Å². The first-order chi connectivity index (χ1) is 6.18. The Morgan fingerprint density at radius 3 is 2.38 bits per heavy atom. The topological polar surface area (TPSA) is 32.3 Å². The van der Waals surface area contributed by atoms with Gasteiger partial charge in [0.25, 0.3) is 0 Å². The third kappa shape index (κ3) is 6.08. The Morgan fingerprint density at radius 2 is 1.92 bits per heavy atom. The lowest BCUT2D eigenvalue weighted by Crippen LogP contribution is -2.39. The predicted octanol–water partition coefficient (Wildman–Crippen LogP) is 1.92. The minimum absolute atomic E-state index is 0.547. The van der Waals surface area contributed by atoms with Gasteiger partial charge in [-0.1, -0.05) is 26.0 Å². The normalized spacial score (nSPS) is 12.6. The molecule has 0 aliphatic heterocycles. The Kier molecular flexibility index (Phi) is 7.33. The smallest absolute Gasteiger partial charge is 0.0766 e. The molecule has 0 aliphatic carbocycles. The fourth-order valence-corrected chi connectivity index (χ4v) is 1.16. The molecule has 0 radical (unpaired) electrons. The van der Waals surface area contributed by atoms with Gasteiger partial charge in [0.2, 0.25) is 0 Å². The lowest BCUT2D eigenvalue weighted by atomic mass is 9.98. The first-order valence-electron chi connectivity index (χ1n) is 4.82. The Balaban J connectivity index is 3.55. The number of aliphatic hydroxyl groups is 1. The molecule has 0 aromatic carbocycles. The molecule has 2 N–H and O–H groups in total. The lowest BCUT2D eigenvalue weighted by Gasteiger charge is -2.25. The van der Waals surface area contributed by atoms with Gasteiger partial charge in [0.15, 0.2) is 0 Å². The second kappa shape index (κ2) is 7.36. The first kappa shape index (κ1) is 12.9. The van der Waals surface area contributed by atoms with Gasteiger partial charge in [0, 0.05) is 19.0 Å². The molecule has 0 amide bonds. The minimum atomic E-state index is -0.547. The van der Waals surface area contributed by atoms with E-state index in [9.17, 15) is 5.11 Å². The van der Waals surface area contributed by atoms with Crippen LogP contribution in [0.3, 0.4) is 0 Å². The molecule has 0 fully saturated rings. The average Bonchev–Trinajstić information content (AvgIpc) is 2.17. The van der Waals surface area contributed by atoms with E-state index in [0.717, 1.165) is 19.4 Å². The van der Waals surface area contributed by atoms with Crippen LogP contribution in [0, 0.1) is 0 Å². The van der Waals surface area contributed by atoms with Crippen LogP contribution in [0.2, 0.25) is 0 Å². The highest BCUT2D eigenvalue weighted by Gasteiger charge is 2.20. The van der Waals surface area contributed by atoms with E-state index in [4.69, 9.17) is 11.6 Å². The number of allylic oxidation sites excluding steroid dienone is 1. The molecule has 0 bridgehead atoms. The minimum Gasteiger partial charge on any atom is -0.389 e. The van der Waals surface area contributed by atoms with Crippen molar-refractivity contribution in [2.75, 3.05) is 19.0 Å². The molecule has 2 nitrogen and oxygen atoms in total. The van der Waals surface area contributed by atoms with Crippen molar-refractivity contribution >= 4 is 11.6 Å². The van der Waals surface area contributed by atoms with Crippen LogP contribution in [0.4, 0.5) is 0 Å². The van der Waals surface area contributed by atoms with Crippen LogP contribution in [0.5, 0.6) is 0 Å². The summed E-state index contributed by atoms with van der Waals surface area (Å²) in [5.41, 5.74) is -0.547. The third-order valence-corrected chi connectivity index (χ3v) is 2.47. The van der Waals surface area contributed by atoms with Gasteiger partial charge >= 0.3 is 0 Å². The summed E-state index contributed by atoms with van der Waals surface area (Å²) in [4.78, 5) is 0. The second-order valence-electron chi connectivity index (χ2n) is 3.19. The molecule has 0 atom stereocenters. The maximum absolute atomic E-state index is 9.87. The van der Waals surface area contributed by atoms with Gasteiger partial charge in [-0.05, 0) is 12.8 Å². The summed E-state index contributed by atoms with van der Waals surface area (Å²) in [5.74, 6) is 0.549. The molecule has 0 saturated carbocycles. The zero-order valence-electron chi connectivity index (χ0n) is 8.52. The van der Waals surface area contributed by atoms with E-state index in [2.05, 4.69) is 5.32 Å². The molecular weight excluding hydrogens is 186 g/mol. The van der Waals surface area contributed by atoms with Gasteiger partial charge in [-0.25, -0.2) is 0 Å². The summed E-state index contributed by atoms with van der Waals surface area (Å²) in [6, 6.07) is 0. The van der Waals surface area contributed by atoms with Gasteiger partial charge in [-0.15, -0.1) is 11.6 Å². The molecule has 0 rings (SSSR count). The van der Waals surface area contributed by atoms with E-state index in [1.165, 1.54) is 0 Å². The largest absolute Gasteiger partial charge is 0.389 e. The molecule has 0 aliphatic rings. The standard InChI is InChI=1S/C10H20ClNO/c1-3-10(13,4-2)9-12-8-6-5-7-11/h5-6,12-13H,3-4,7-9H2,1-2H3/b6-5+. The fourth-order valence-electron chi connectivity index (χ4n) is 1.03. The van der Waals surface area contributed by atoms with E-state index >= 15 is 0 Å². The predicted molar refractivity (Wildman–Crippen MR) is 58.3 cm³/mol. The van der Waals surface area contributed by atoms with Gasteiger partial charge in [0.05, 0.1) is 5.60 Å². The summed E-state index contributed by atoms with van der Waals surface area (Å²) >= 11 is 5.46. The van der Waals surface area contributed by atoms with Crippen LogP contribution in [-0.2, 0) is 0 Å². The maximum Gasteiger partial charge on any atom is 0.0766 e. The quantitative estimate of drug-likeness (QED) is 0.378. The van der Waals surface area contributed by atoms with Crippen molar-refractivity contribution in [3.8, 4) is 0 Å². The summed E-state index contributed by atoms with van der Waals surface area (Å²) in [6.45, 7) is 5.42. The number of halogens is 1. The van der Waals surface area contributed by atoms with Crippen molar-refractivity contribution in [2.24, 2.45) is 0 Å². The highest BCUT2D eigenvalue weighted by Crippen LogP contribution is 2.12. The van der Waals surface area contributed by atoms with Crippen molar-refractivity contribution in [1.29, 1.82) is 0 Å². The van der Waals surface area contributed by atoms with Crippen molar-refractivity contribution in [1.82, 2.24) is 5.32 Å². The lowest BCUT2D eigenvalue weighted by molar-refractivity contribution is 0.0335. The SMILES string of the molecule is CCC(O)(CC)CNC/C=C/CCl. The highest BCUT2D eigenvalue weighted by molar-refractivity contribution is 6.18. The maximum atomic E-state index is 9.87. The van der Waals surface area contributed by atoms with Crippen molar-refractivity contribution < 1.29 is 5.11 Å². The van der Waals surface area contributed by atoms with Crippen molar-refractivity contribution in [3.05, 3.63) is 12.2 Å². The van der Waals surface area contributed by atoms with Crippen LogP contribution in [-0.4, -0.2) is 29.7 Å². The molecule has 13 heavy (non-hydrogen) atoms. The van der Waals surface area contributed by atoms with Gasteiger partial charge in [-0.3, -0.25) is 0 Å². The van der Waals surface area contributed by atoms with Crippen LogP contribution < -0.4 is 5.32 Å². The first-order valence-corrected chi connectivity index (χ1v) is 5.36. The molecule has 0 heterocycles. The number of hydrogen-bond acceptors (Lipinski definition) is 2. The molecule has 0 spiro atoms. The molecule has 78 valence electrons. The summed E-state index contributed by atoms with van der Waals surface area (Å²) in [6.07, 6.45) is 5.44. The zero-order valence-corrected chi connectivity index (χ0v) is 9.27. The number of nitrogens with one attached hydrogen (secondary N) is 1. The zero-order chi connectivity index (χ0) is 10.2. The van der Waals surface area contributed by atoms with Gasteiger partial charge in [-0.2, -0.15) is 0 Å². The second-order valence-corrected chi connectivity index (χ2v) is 3.50. The molecule has 0 saturated heterocycles. The monoisotopic (exact) mass is 205 g/mol. The molecule has 0 unspecified atom stereocenters. The Morgan fingerprint density at radius 1 is 1.31 bits per heavy atom. The Hall–Kier alpha value is -0.0500. The highest BCUT2D eigenvalue weighted by atomic mass is 35.5. The van der Waals surface area contributed by atoms with E-state index in [1.54, 1.807) is 0 Å². The van der Waals surface area contributed by atoms with E-state index in [1.807, 2.05) is 26.0 Å². The molecular formula is C10H20ClNO. The number of rotatable bonds is 7. The third-order valence-electron chi connectivity index (χ3n) is 2.29. The van der Waals surface area contributed by atoms with Crippen molar-refractivity contribution in [3.63, 3.8) is 0 Å². The van der Waals surface area contributed by atoms with Crippen LogP contribution in [0.1, 0.15) is 26.7 Å². The number of alkyl halides is 1. The Bertz CT molecular complexity index is 144. The van der Waals surface area contributed by atoms with E-state index < -0.39 is 5.60 Å². The summed E-state index contributed by atoms with van der Waals surface area (Å²) in [5, 5.41) is 13.0. The van der Waals surface area contributed by atoms with E-state index in [-0.39, 0.29) is 0 Å². The summed E-state index contributed by atoms with van der Waals surface area (Å²) in [7, 11) is 0. The van der Waals surface area contributed by atoms with Crippen LogP contribution in [0.15, 0.2) is 12.2 Å².